The zero-order chi connectivity index (χ0) is 12.5. The van der Waals surface area contributed by atoms with Gasteiger partial charge in [0.15, 0.2) is 5.13 Å². The number of thiazole rings is 1. The summed E-state index contributed by atoms with van der Waals surface area (Å²) in [6, 6.07) is 0. The Balaban J connectivity index is 1.95. The second-order valence-electron chi connectivity index (χ2n) is 5.89. The van der Waals surface area contributed by atoms with Crippen LogP contribution in [0.25, 0.3) is 0 Å². The van der Waals surface area contributed by atoms with E-state index in [1.807, 2.05) is 0 Å². The first-order chi connectivity index (χ1) is 8.00. The summed E-state index contributed by atoms with van der Waals surface area (Å²) >= 11 is 1.61. The molecule has 0 aliphatic carbocycles. The number of rotatable bonds is 2. The van der Waals surface area contributed by atoms with Gasteiger partial charge in [0, 0.05) is 19.3 Å². The summed E-state index contributed by atoms with van der Waals surface area (Å²) in [5.74, 6) is 0.816. The first-order valence-corrected chi connectivity index (χ1v) is 7.13. The quantitative estimate of drug-likeness (QED) is 0.881. The second-order valence-corrected chi connectivity index (χ2v) is 6.99. The fraction of sp³-hybridized carbons (Fsp3) is 0.769. The Hall–Kier alpha value is -0.610. The number of aliphatic hydroxyl groups is 1. The summed E-state index contributed by atoms with van der Waals surface area (Å²) in [4.78, 5) is 7.69. The first-order valence-electron chi connectivity index (χ1n) is 6.31. The Labute approximate surface area is 107 Å². The molecule has 1 fully saturated rings. The lowest BCUT2D eigenvalue weighted by atomic mass is 9.75. The molecule has 17 heavy (non-hydrogen) atoms. The summed E-state index contributed by atoms with van der Waals surface area (Å²) in [5, 5.41) is 10.1. The maximum atomic E-state index is 9.05. The number of hydrogen-bond donors (Lipinski definition) is 1. The minimum atomic E-state index is 0.107. The Kier molecular flexibility index (Phi) is 3.73. The van der Waals surface area contributed by atoms with Crippen molar-refractivity contribution in [1.29, 1.82) is 0 Å². The molecule has 0 atom stereocenters. The van der Waals surface area contributed by atoms with Gasteiger partial charge in [0.1, 0.15) is 0 Å². The average Bonchev–Trinajstić information content (AvgIpc) is 2.76. The van der Waals surface area contributed by atoms with Crippen molar-refractivity contribution in [3.05, 3.63) is 11.1 Å². The molecule has 1 N–H and O–H groups in total. The van der Waals surface area contributed by atoms with Gasteiger partial charge < -0.3 is 10.0 Å². The van der Waals surface area contributed by atoms with Gasteiger partial charge in [-0.3, -0.25) is 0 Å². The van der Waals surface area contributed by atoms with E-state index in [4.69, 9.17) is 5.11 Å². The third-order valence-electron chi connectivity index (χ3n) is 3.69. The Morgan fingerprint density at radius 2 is 2.06 bits per heavy atom. The monoisotopic (exact) mass is 254 g/mol. The zero-order valence-electron chi connectivity index (χ0n) is 10.9. The summed E-state index contributed by atoms with van der Waals surface area (Å²) in [7, 11) is 0. The van der Waals surface area contributed by atoms with E-state index in [9.17, 15) is 0 Å². The van der Waals surface area contributed by atoms with Crippen LogP contribution in [0.5, 0.6) is 0 Å². The van der Waals surface area contributed by atoms with Crippen molar-refractivity contribution >= 4 is 16.5 Å². The highest BCUT2D eigenvalue weighted by Gasteiger charge is 2.29. The molecule has 1 aliphatic heterocycles. The van der Waals surface area contributed by atoms with Crippen molar-refractivity contribution in [3.63, 3.8) is 0 Å². The zero-order valence-corrected chi connectivity index (χ0v) is 11.8. The van der Waals surface area contributed by atoms with Crippen molar-refractivity contribution in [2.45, 2.75) is 40.2 Å². The number of piperidine rings is 1. The van der Waals surface area contributed by atoms with Crippen molar-refractivity contribution in [3.8, 4) is 0 Å². The van der Waals surface area contributed by atoms with Crippen LogP contribution in [0.2, 0.25) is 0 Å². The molecule has 4 heteroatoms. The van der Waals surface area contributed by atoms with E-state index in [-0.39, 0.29) is 6.61 Å². The Morgan fingerprint density at radius 1 is 1.41 bits per heavy atom. The standard InChI is InChI=1S/C13H22N2OS/c1-13(2,3)10-4-6-15(7-5-10)12-14-8-11(9-16)17-12/h8,10,16H,4-7,9H2,1-3H3. The van der Waals surface area contributed by atoms with Crippen molar-refractivity contribution in [2.24, 2.45) is 11.3 Å². The summed E-state index contributed by atoms with van der Waals surface area (Å²) in [6.07, 6.45) is 4.28. The molecule has 0 aromatic carbocycles. The third-order valence-corrected chi connectivity index (χ3v) is 4.73. The normalized spacial score (nSPS) is 18.7. The van der Waals surface area contributed by atoms with Crippen molar-refractivity contribution in [2.75, 3.05) is 18.0 Å². The topological polar surface area (TPSA) is 36.4 Å². The smallest absolute Gasteiger partial charge is 0.185 e. The van der Waals surface area contributed by atoms with Gasteiger partial charge in [-0.25, -0.2) is 4.98 Å². The minimum absolute atomic E-state index is 0.107. The van der Waals surface area contributed by atoms with Crippen LogP contribution in [-0.4, -0.2) is 23.2 Å². The van der Waals surface area contributed by atoms with E-state index >= 15 is 0 Å². The molecular weight excluding hydrogens is 232 g/mol. The molecule has 0 bridgehead atoms. The lowest BCUT2D eigenvalue weighted by Gasteiger charge is -2.38. The van der Waals surface area contributed by atoms with Crippen LogP contribution >= 0.6 is 11.3 Å². The largest absolute Gasteiger partial charge is 0.391 e. The SMILES string of the molecule is CC(C)(C)C1CCN(c2ncc(CO)s2)CC1. The lowest BCUT2D eigenvalue weighted by molar-refractivity contribution is 0.199. The predicted molar refractivity (Wildman–Crippen MR) is 72.4 cm³/mol. The molecule has 0 amide bonds. The summed E-state index contributed by atoms with van der Waals surface area (Å²) in [5.41, 5.74) is 0.422. The summed E-state index contributed by atoms with van der Waals surface area (Å²) < 4.78 is 0. The van der Waals surface area contributed by atoms with Crippen LogP contribution in [0, 0.1) is 11.3 Å². The van der Waals surface area contributed by atoms with E-state index < -0.39 is 0 Å². The van der Waals surface area contributed by atoms with Gasteiger partial charge in [-0.05, 0) is 24.2 Å². The van der Waals surface area contributed by atoms with Gasteiger partial charge in [0.25, 0.3) is 0 Å². The lowest BCUT2D eigenvalue weighted by Crippen LogP contribution is -2.37. The maximum Gasteiger partial charge on any atom is 0.185 e. The highest BCUT2D eigenvalue weighted by Crippen LogP contribution is 2.36. The van der Waals surface area contributed by atoms with Gasteiger partial charge in [0.2, 0.25) is 0 Å². The van der Waals surface area contributed by atoms with E-state index in [0.717, 1.165) is 29.0 Å². The van der Waals surface area contributed by atoms with E-state index in [0.29, 0.717) is 5.41 Å². The van der Waals surface area contributed by atoms with Gasteiger partial charge >= 0.3 is 0 Å². The molecule has 1 saturated heterocycles. The minimum Gasteiger partial charge on any atom is -0.391 e. The van der Waals surface area contributed by atoms with Crippen LogP contribution in [0.1, 0.15) is 38.5 Å². The molecule has 1 aromatic heterocycles. The number of aliphatic hydroxyl groups excluding tert-OH is 1. The number of hydrogen-bond acceptors (Lipinski definition) is 4. The van der Waals surface area contributed by atoms with Crippen LogP contribution in [0.4, 0.5) is 5.13 Å². The fourth-order valence-electron chi connectivity index (χ4n) is 2.45. The van der Waals surface area contributed by atoms with Crippen LogP contribution in [0.15, 0.2) is 6.20 Å². The van der Waals surface area contributed by atoms with Crippen LogP contribution in [-0.2, 0) is 6.61 Å². The van der Waals surface area contributed by atoms with Gasteiger partial charge in [-0.2, -0.15) is 0 Å². The molecule has 1 aromatic rings. The Bertz CT molecular complexity index is 362. The molecule has 0 saturated carbocycles. The molecule has 0 radical (unpaired) electrons. The van der Waals surface area contributed by atoms with Gasteiger partial charge in [-0.15, -0.1) is 0 Å². The van der Waals surface area contributed by atoms with Crippen LogP contribution < -0.4 is 4.90 Å². The molecule has 1 aliphatic rings. The molecule has 96 valence electrons. The molecule has 0 spiro atoms. The van der Waals surface area contributed by atoms with Crippen molar-refractivity contribution in [1.82, 2.24) is 4.98 Å². The number of aromatic nitrogens is 1. The van der Waals surface area contributed by atoms with Gasteiger partial charge in [-0.1, -0.05) is 32.1 Å². The number of anilines is 1. The molecule has 2 rings (SSSR count). The van der Waals surface area contributed by atoms with Gasteiger partial charge in [0.05, 0.1) is 11.5 Å². The van der Waals surface area contributed by atoms with E-state index in [2.05, 4.69) is 30.7 Å². The van der Waals surface area contributed by atoms with E-state index in [1.54, 1.807) is 17.5 Å². The first kappa shape index (κ1) is 12.8. The highest BCUT2D eigenvalue weighted by molar-refractivity contribution is 7.15. The van der Waals surface area contributed by atoms with Crippen molar-refractivity contribution < 1.29 is 5.11 Å². The fourth-order valence-corrected chi connectivity index (χ4v) is 3.27. The molecule has 2 heterocycles. The van der Waals surface area contributed by atoms with E-state index in [1.165, 1.54) is 12.8 Å². The summed E-state index contributed by atoms with van der Waals surface area (Å²) in [6.45, 7) is 9.30. The highest BCUT2D eigenvalue weighted by atomic mass is 32.1. The second kappa shape index (κ2) is 4.94. The Morgan fingerprint density at radius 3 is 2.53 bits per heavy atom. The average molecular weight is 254 g/mol. The van der Waals surface area contributed by atoms with Crippen LogP contribution in [0.3, 0.4) is 0 Å². The predicted octanol–water partition coefficient (Wildman–Crippen LogP) is 2.90. The molecule has 3 nitrogen and oxygen atoms in total. The maximum absolute atomic E-state index is 9.05. The molecular formula is C13H22N2OS. The third kappa shape index (κ3) is 2.99. The number of nitrogens with zero attached hydrogens (tertiary/aromatic N) is 2. The molecule has 0 unspecified atom stereocenters.